The van der Waals surface area contributed by atoms with Crippen molar-refractivity contribution in [1.82, 2.24) is 10.2 Å². The molecule has 2 unspecified atom stereocenters. The van der Waals surface area contributed by atoms with Crippen molar-refractivity contribution in [2.45, 2.75) is 37.9 Å². The Morgan fingerprint density at radius 3 is 2.86 bits per heavy atom. The van der Waals surface area contributed by atoms with Gasteiger partial charge in [0.05, 0.1) is 0 Å². The number of carbonyl (C=O) groups is 1. The first kappa shape index (κ1) is 14.4. The predicted octanol–water partition coefficient (Wildman–Crippen LogP) is 0.877. The Balaban J connectivity index is 1.48. The van der Waals surface area contributed by atoms with Crippen molar-refractivity contribution in [3.8, 4) is 5.75 Å². The average molecular weight is 289 g/mol. The minimum absolute atomic E-state index is 0.0722. The molecule has 2 aliphatic rings. The lowest BCUT2D eigenvalue weighted by Crippen LogP contribution is -2.38. The normalized spacial score (nSPS) is 25.0. The molecular weight excluding hydrogens is 266 g/mol. The van der Waals surface area contributed by atoms with Crippen molar-refractivity contribution in [2.24, 2.45) is 5.73 Å². The minimum atomic E-state index is -0.455. The molecule has 0 spiro atoms. The van der Waals surface area contributed by atoms with E-state index in [0.29, 0.717) is 11.8 Å². The Hall–Kier alpha value is -1.59. The van der Waals surface area contributed by atoms with E-state index in [4.69, 9.17) is 10.5 Å². The minimum Gasteiger partial charge on any atom is -0.484 e. The van der Waals surface area contributed by atoms with Gasteiger partial charge in [0, 0.05) is 25.2 Å². The number of rotatable bonds is 6. The molecular formula is C16H23N3O2. The largest absolute Gasteiger partial charge is 0.484 e. The van der Waals surface area contributed by atoms with Gasteiger partial charge in [0.25, 0.3) is 5.91 Å². The number of nitrogens with two attached hydrogens (primary N) is 1. The summed E-state index contributed by atoms with van der Waals surface area (Å²) in [5.74, 6) is 0.225. The first-order valence-electron chi connectivity index (χ1n) is 7.70. The van der Waals surface area contributed by atoms with E-state index in [1.165, 1.54) is 37.9 Å². The van der Waals surface area contributed by atoms with E-state index < -0.39 is 5.91 Å². The number of hydrogen-bond acceptors (Lipinski definition) is 4. The molecule has 3 rings (SSSR count). The van der Waals surface area contributed by atoms with Gasteiger partial charge in [0.15, 0.2) is 6.61 Å². The Kier molecular flexibility index (Phi) is 4.41. The lowest BCUT2D eigenvalue weighted by Gasteiger charge is -2.21. The second kappa shape index (κ2) is 6.45. The smallest absolute Gasteiger partial charge is 0.255 e. The maximum absolute atomic E-state index is 10.7. The molecule has 2 atom stereocenters. The van der Waals surface area contributed by atoms with Crippen molar-refractivity contribution < 1.29 is 9.53 Å². The number of nitrogens with one attached hydrogen (secondary N) is 1. The molecule has 0 aliphatic carbocycles. The Labute approximate surface area is 125 Å². The molecule has 1 aromatic carbocycles. The van der Waals surface area contributed by atoms with E-state index >= 15 is 0 Å². The highest BCUT2D eigenvalue weighted by atomic mass is 16.5. The van der Waals surface area contributed by atoms with Crippen LogP contribution in [0.1, 0.15) is 24.8 Å². The van der Waals surface area contributed by atoms with E-state index in [9.17, 15) is 4.79 Å². The van der Waals surface area contributed by atoms with Crippen LogP contribution in [0.3, 0.4) is 0 Å². The Morgan fingerprint density at radius 2 is 2.10 bits per heavy atom. The number of carbonyl (C=O) groups excluding carboxylic acids is 1. The maximum atomic E-state index is 10.7. The van der Waals surface area contributed by atoms with Gasteiger partial charge in [-0.15, -0.1) is 0 Å². The van der Waals surface area contributed by atoms with Crippen molar-refractivity contribution in [2.75, 3.05) is 19.7 Å². The highest BCUT2D eigenvalue weighted by Gasteiger charge is 2.36. The average Bonchev–Trinajstić information content (AvgIpc) is 3.07. The second-order valence-electron chi connectivity index (χ2n) is 5.92. The fraction of sp³-hybridized carbons (Fsp3) is 0.562. The molecule has 2 aliphatic heterocycles. The maximum Gasteiger partial charge on any atom is 0.255 e. The van der Waals surface area contributed by atoms with Crippen molar-refractivity contribution in [1.29, 1.82) is 0 Å². The van der Waals surface area contributed by atoms with Crippen molar-refractivity contribution >= 4 is 5.91 Å². The fourth-order valence-electron chi connectivity index (χ4n) is 3.43. The molecule has 0 bridgehead atoms. The third-order valence-corrected chi connectivity index (χ3v) is 4.48. The lowest BCUT2D eigenvalue weighted by atomic mass is 10.1. The van der Waals surface area contributed by atoms with Gasteiger partial charge in [-0.1, -0.05) is 12.1 Å². The molecule has 1 amide bonds. The molecule has 21 heavy (non-hydrogen) atoms. The zero-order valence-corrected chi connectivity index (χ0v) is 12.3. The number of nitrogens with zero attached hydrogens (tertiary/aromatic N) is 1. The van der Waals surface area contributed by atoms with E-state index in [-0.39, 0.29) is 6.61 Å². The molecule has 0 radical (unpaired) electrons. The quantitative estimate of drug-likeness (QED) is 0.816. The summed E-state index contributed by atoms with van der Waals surface area (Å²) in [6.45, 7) is 3.32. The number of primary amides is 1. The molecule has 2 heterocycles. The monoisotopic (exact) mass is 289 g/mol. The van der Waals surface area contributed by atoms with E-state index in [1.807, 2.05) is 24.3 Å². The topological polar surface area (TPSA) is 67.6 Å². The molecule has 114 valence electrons. The van der Waals surface area contributed by atoms with Crippen LogP contribution in [0.15, 0.2) is 24.3 Å². The molecule has 5 nitrogen and oxygen atoms in total. The van der Waals surface area contributed by atoms with Crippen LogP contribution in [0.5, 0.6) is 5.75 Å². The van der Waals surface area contributed by atoms with Crippen molar-refractivity contribution in [3.63, 3.8) is 0 Å². The van der Waals surface area contributed by atoms with Crippen LogP contribution in [0.2, 0.25) is 0 Å². The van der Waals surface area contributed by atoms with Gasteiger partial charge in [-0.2, -0.15) is 0 Å². The highest BCUT2D eigenvalue weighted by Crippen LogP contribution is 2.28. The van der Waals surface area contributed by atoms with E-state index in [2.05, 4.69) is 10.2 Å². The standard InChI is InChI=1S/C16H23N3O2/c17-16(20)11-21-13-5-3-12(4-6-13)10-18-14-7-9-19-8-1-2-15(14)19/h3-6,14-15,18H,1-2,7-11H2,(H2,17,20). The predicted molar refractivity (Wildman–Crippen MR) is 81.0 cm³/mol. The summed E-state index contributed by atoms with van der Waals surface area (Å²) in [7, 11) is 0. The molecule has 5 heteroatoms. The van der Waals surface area contributed by atoms with Crippen LogP contribution in [0.25, 0.3) is 0 Å². The van der Waals surface area contributed by atoms with Crippen LogP contribution in [0.4, 0.5) is 0 Å². The summed E-state index contributed by atoms with van der Waals surface area (Å²) in [5.41, 5.74) is 6.29. The number of hydrogen-bond donors (Lipinski definition) is 2. The summed E-state index contributed by atoms with van der Waals surface area (Å²) in [5, 5.41) is 3.68. The SMILES string of the molecule is NC(=O)COc1ccc(CNC2CCN3CCCC23)cc1. The molecule has 2 saturated heterocycles. The van der Waals surface area contributed by atoms with E-state index in [1.54, 1.807) is 0 Å². The van der Waals surface area contributed by atoms with Gasteiger partial charge < -0.3 is 15.8 Å². The molecule has 1 aromatic rings. The summed E-state index contributed by atoms with van der Waals surface area (Å²) >= 11 is 0. The number of benzene rings is 1. The number of ether oxygens (including phenoxy) is 1. The molecule has 0 saturated carbocycles. The highest BCUT2D eigenvalue weighted by molar-refractivity contribution is 5.75. The summed E-state index contributed by atoms with van der Waals surface area (Å²) in [4.78, 5) is 13.3. The van der Waals surface area contributed by atoms with Gasteiger partial charge in [-0.05, 0) is 43.5 Å². The fourth-order valence-corrected chi connectivity index (χ4v) is 3.43. The molecule has 0 aromatic heterocycles. The molecule has 3 N–H and O–H groups in total. The number of fused-ring (bicyclic) bond motifs is 1. The zero-order chi connectivity index (χ0) is 14.7. The van der Waals surface area contributed by atoms with Crippen LogP contribution >= 0.6 is 0 Å². The second-order valence-corrected chi connectivity index (χ2v) is 5.92. The number of amides is 1. The molecule has 2 fully saturated rings. The van der Waals surface area contributed by atoms with Crippen LogP contribution in [-0.2, 0) is 11.3 Å². The van der Waals surface area contributed by atoms with Gasteiger partial charge in [0.1, 0.15) is 5.75 Å². The van der Waals surface area contributed by atoms with Gasteiger partial charge >= 0.3 is 0 Å². The Bertz CT molecular complexity index is 489. The first-order chi connectivity index (χ1) is 10.2. The third-order valence-electron chi connectivity index (χ3n) is 4.48. The third kappa shape index (κ3) is 3.54. The van der Waals surface area contributed by atoms with Gasteiger partial charge in [-0.25, -0.2) is 0 Å². The van der Waals surface area contributed by atoms with Crippen LogP contribution in [-0.4, -0.2) is 42.6 Å². The Morgan fingerprint density at radius 1 is 1.29 bits per heavy atom. The van der Waals surface area contributed by atoms with Crippen molar-refractivity contribution in [3.05, 3.63) is 29.8 Å². The summed E-state index contributed by atoms with van der Waals surface area (Å²) < 4.78 is 5.26. The zero-order valence-electron chi connectivity index (χ0n) is 12.3. The first-order valence-corrected chi connectivity index (χ1v) is 7.70. The van der Waals surface area contributed by atoms with Gasteiger partial charge in [0.2, 0.25) is 0 Å². The summed E-state index contributed by atoms with van der Waals surface area (Å²) in [6.07, 6.45) is 3.93. The van der Waals surface area contributed by atoms with Crippen LogP contribution < -0.4 is 15.8 Å². The van der Waals surface area contributed by atoms with E-state index in [0.717, 1.165) is 12.6 Å². The lowest BCUT2D eigenvalue weighted by molar-refractivity contribution is -0.119. The van der Waals surface area contributed by atoms with Crippen LogP contribution in [0, 0.1) is 0 Å². The summed E-state index contributed by atoms with van der Waals surface area (Å²) in [6, 6.07) is 9.20. The van der Waals surface area contributed by atoms with Gasteiger partial charge in [-0.3, -0.25) is 9.69 Å².